The molecule has 0 aliphatic rings. The summed E-state index contributed by atoms with van der Waals surface area (Å²) in [5.41, 5.74) is 0.760. The van der Waals surface area contributed by atoms with E-state index in [9.17, 15) is 18.0 Å². The zero-order chi connectivity index (χ0) is 15.9. The number of rotatable bonds is 6. The Morgan fingerprint density at radius 1 is 1.43 bits per heavy atom. The van der Waals surface area contributed by atoms with E-state index < -0.39 is 18.6 Å². The van der Waals surface area contributed by atoms with E-state index in [2.05, 4.69) is 5.32 Å². The van der Waals surface area contributed by atoms with Gasteiger partial charge in [-0.15, -0.1) is 0 Å². The first-order chi connectivity index (χ1) is 9.84. The molecule has 0 aromatic heterocycles. The second-order valence-corrected chi connectivity index (χ2v) is 4.57. The molecule has 1 N–H and O–H groups in total. The van der Waals surface area contributed by atoms with Gasteiger partial charge in [-0.05, 0) is 31.2 Å². The van der Waals surface area contributed by atoms with E-state index in [1.807, 2.05) is 6.07 Å². The van der Waals surface area contributed by atoms with E-state index in [0.717, 1.165) is 4.90 Å². The van der Waals surface area contributed by atoms with E-state index in [1.165, 1.54) is 6.07 Å². The van der Waals surface area contributed by atoms with Crippen molar-refractivity contribution < 1.29 is 18.0 Å². The molecule has 0 radical (unpaired) electrons. The lowest BCUT2D eigenvalue weighted by Crippen LogP contribution is -2.40. The molecule has 0 unspecified atom stereocenters. The summed E-state index contributed by atoms with van der Waals surface area (Å²) in [6, 6.07) is 8.13. The molecule has 1 aromatic rings. The standard InChI is InChI=1S/C14H16F3N3O/c1-2-6-20(10-14(15,16)17)9-13(21)19-12-5-3-4-11(7-12)8-18/h3-5,7H,2,6,9-10H2,1H3,(H,19,21). The van der Waals surface area contributed by atoms with Crippen LogP contribution < -0.4 is 5.32 Å². The Morgan fingerprint density at radius 3 is 2.71 bits per heavy atom. The first kappa shape index (κ1) is 17.0. The summed E-state index contributed by atoms with van der Waals surface area (Å²) < 4.78 is 37.2. The van der Waals surface area contributed by atoms with Crippen molar-refractivity contribution in [2.24, 2.45) is 0 Å². The van der Waals surface area contributed by atoms with Crippen molar-refractivity contribution in [3.05, 3.63) is 29.8 Å². The smallest absolute Gasteiger partial charge is 0.325 e. The SMILES string of the molecule is CCCN(CC(=O)Nc1cccc(C#N)c1)CC(F)(F)F. The number of benzene rings is 1. The minimum Gasteiger partial charge on any atom is -0.325 e. The Bertz CT molecular complexity index is 523. The second-order valence-electron chi connectivity index (χ2n) is 4.57. The third-order valence-electron chi connectivity index (χ3n) is 2.59. The van der Waals surface area contributed by atoms with Gasteiger partial charge in [0, 0.05) is 5.69 Å². The van der Waals surface area contributed by atoms with Crippen LogP contribution in [0.5, 0.6) is 0 Å². The topological polar surface area (TPSA) is 56.1 Å². The zero-order valence-corrected chi connectivity index (χ0v) is 11.6. The van der Waals surface area contributed by atoms with Crippen LogP contribution in [0.3, 0.4) is 0 Å². The fourth-order valence-electron chi connectivity index (χ4n) is 1.85. The number of nitrogens with one attached hydrogen (secondary N) is 1. The number of anilines is 1. The monoisotopic (exact) mass is 299 g/mol. The number of carbonyl (C=O) groups is 1. The van der Waals surface area contributed by atoms with Gasteiger partial charge in [-0.25, -0.2) is 0 Å². The molecular weight excluding hydrogens is 283 g/mol. The lowest BCUT2D eigenvalue weighted by Gasteiger charge is -2.22. The van der Waals surface area contributed by atoms with Gasteiger partial charge in [0.1, 0.15) is 0 Å². The van der Waals surface area contributed by atoms with Gasteiger partial charge < -0.3 is 5.32 Å². The maximum absolute atomic E-state index is 12.4. The average molecular weight is 299 g/mol. The maximum Gasteiger partial charge on any atom is 0.401 e. The van der Waals surface area contributed by atoms with Crippen LogP contribution >= 0.6 is 0 Å². The van der Waals surface area contributed by atoms with E-state index in [4.69, 9.17) is 5.26 Å². The number of nitrogens with zero attached hydrogens (tertiary/aromatic N) is 2. The van der Waals surface area contributed by atoms with Crippen molar-refractivity contribution in [1.82, 2.24) is 4.90 Å². The predicted molar refractivity (Wildman–Crippen MR) is 72.6 cm³/mol. The van der Waals surface area contributed by atoms with E-state index in [1.54, 1.807) is 25.1 Å². The molecule has 0 saturated carbocycles. The highest BCUT2D eigenvalue weighted by Crippen LogP contribution is 2.17. The number of alkyl halides is 3. The lowest BCUT2D eigenvalue weighted by atomic mass is 10.2. The molecule has 1 amide bonds. The largest absolute Gasteiger partial charge is 0.401 e. The summed E-state index contributed by atoms with van der Waals surface area (Å²) in [6.07, 6.45) is -3.82. The molecule has 0 atom stereocenters. The highest BCUT2D eigenvalue weighted by Gasteiger charge is 2.31. The number of hydrogen-bond donors (Lipinski definition) is 1. The average Bonchev–Trinajstić information content (AvgIpc) is 2.37. The quantitative estimate of drug-likeness (QED) is 0.878. The van der Waals surface area contributed by atoms with Crippen molar-refractivity contribution >= 4 is 11.6 Å². The highest BCUT2D eigenvalue weighted by molar-refractivity contribution is 5.92. The van der Waals surface area contributed by atoms with Crippen LogP contribution in [0.25, 0.3) is 0 Å². The molecule has 1 aromatic carbocycles. The molecule has 0 heterocycles. The Morgan fingerprint density at radius 2 is 2.14 bits per heavy atom. The summed E-state index contributed by atoms with van der Waals surface area (Å²) >= 11 is 0. The van der Waals surface area contributed by atoms with Crippen LogP contribution in [-0.4, -0.2) is 36.6 Å². The van der Waals surface area contributed by atoms with E-state index >= 15 is 0 Å². The normalized spacial score (nSPS) is 11.2. The third kappa shape index (κ3) is 6.77. The van der Waals surface area contributed by atoms with Gasteiger partial charge in [0.25, 0.3) is 0 Å². The van der Waals surface area contributed by atoms with Crippen LogP contribution in [0, 0.1) is 11.3 Å². The van der Waals surface area contributed by atoms with Crippen LogP contribution in [-0.2, 0) is 4.79 Å². The van der Waals surface area contributed by atoms with Crippen molar-refractivity contribution in [3.63, 3.8) is 0 Å². The van der Waals surface area contributed by atoms with Gasteiger partial charge in [0.05, 0.1) is 24.7 Å². The highest BCUT2D eigenvalue weighted by atomic mass is 19.4. The van der Waals surface area contributed by atoms with Crippen LogP contribution in [0.2, 0.25) is 0 Å². The molecule has 1 rings (SSSR count). The van der Waals surface area contributed by atoms with Crippen molar-refractivity contribution in [2.45, 2.75) is 19.5 Å². The molecule has 114 valence electrons. The number of carbonyl (C=O) groups excluding carboxylic acids is 1. The van der Waals surface area contributed by atoms with Crippen LogP contribution in [0.1, 0.15) is 18.9 Å². The summed E-state index contributed by atoms with van der Waals surface area (Å²) in [4.78, 5) is 12.8. The van der Waals surface area contributed by atoms with Crippen LogP contribution in [0.15, 0.2) is 24.3 Å². The number of nitriles is 1. The molecule has 7 heteroatoms. The van der Waals surface area contributed by atoms with Crippen molar-refractivity contribution in [3.8, 4) is 6.07 Å². The van der Waals surface area contributed by atoms with Gasteiger partial charge in [-0.2, -0.15) is 18.4 Å². The first-order valence-corrected chi connectivity index (χ1v) is 6.43. The molecule has 0 aliphatic heterocycles. The fourth-order valence-corrected chi connectivity index (χ4v) is 1.85. The fraction of sp³-hybridized carbons (Fsp3) is 0.429. The Labute approximate surface area is 121 Å². The molecule has 0 fully saturated rings. The summed E-state index contributed by atoms with van der Waals surface area (Å²) in [5, 5.41) is 11.2. The van der Waals surface area contributed by atoms with Crippen molar-refractivity contribution in [2.75, 3.05) is 25.0 Å². The number of halogens is 3. The second kappa shape index (κ2) is 7.64. The minimum absolute atomic E-state index is 0.186. The first-order valence-electron chi connectivity index (χ1n) is 6.43. The lowest BCUT2D eigenvalue weighted by molar-refractivity contribution is -0.147. The molecular formula is C14H16F3N3O. The molecule has 0 saturated heterocycles. The molecule has 21 heavy (non-hydrogen) atoms. The van der Waals surface area contributed by atoms with Crippen LogP contribution in [0.4, 0.5) is 18.9 Å². The van der Waals surface area contributed by atoms with E-state index in [0.29, 0.717) is 17.7 Å². The molecule has 0 bridgehead atoms. The van der Waals surface area contributed by atoms with Gasteiger partial charge in [-0.3, -0.25) is 9.69 Å². The molecule has 4 nitrogen and oxygen atoms in total. The number of hydrogen-bond acceptors (Lipinski definition) is 3. The zero-order valence-electron chi connectivity index (χ0n) is 11.6. The molecule has 0 aliphatic carbocycles. The predicted octanol–water partition coefficient (Wildman–Crippen LogP) is 2.77. The van der Waals surface area contributed by atoms with Gasteiger partial charge in [0.2, 0.25) is 5.91 Å². The Balaban J connectivity index is 2.63. The maximum atomic E-state index is 12.4. The third-order valence-corrected chi connectivity index (χ3v) is 2.59. The van der Waals surface area contributed by atoms with Crippen molar-refractivity contribution in [1.29, 1.82) is 5.26 Å². The summed E-state index contributed by atoms with van der Waals surface area (Å²) in [5.74, 6) is -0.539. The van der Waals surface area contributed by atoms with Gasteiger partial charge >= 0.3 is 6.18 Å². The Kier molecular flexibility index (Phi) is 6.18. The Hall–Kier alpha value is -2.07. The summed E-state index contributed by atoms with van der Waals surface area (Å²) in [6.45, 7) is 0.472. The number of amides is 1. The minimum atomic E-state index is -4.34. The molecule has 0 spiro atoms. The van der Waals surface area contributed by atoms with Gasteiger partial charge in [-0.1, -0.05) is 13.0 Å². The summed E-state index contributed by atoms with van der Waals surface area (Å²) in [7, 11) is 0. The van der Waals surface area contributed by atoms with E-state index in [-0.39, 0.29) is 13.1 Å². The van der Waals surface area contributed by atoms with Gasteiger partial charge in [0.15, 0.2) is 0 Å².